The van der Waals surface area contributed by atoms with Crippen LogP contribution in [0.4, 0.5) is 0 Å². The minimum absolute atomic E-state index is 0.00679. The van der Waals surface area contributed by atoms with Gasteiger partial charge in [-0.15, -0.1) is 0 Å². The van der Waals surface area contributed by atoms with Gasteiger partial charge in [0.1, 0.15) is 0 Å². The number of hydrogen-bond donors (Lipinski definition) is 2. The van der Waals surface area contributed by atoms with Crippen molar-refractivity contribution in [3.63, 3.8) is 0 Å². The summed E-state index contributed by atoms with van der Waals surface area (Å²) >= 11 is 0. The molecule has 1 aromatic rings. The van der Waals surface area contributed by atoms with Crippen LogP contribution in [-0.2, 0) is 9.84 Å². The van der Waals surface area contributed by atoms with E-state index in [1.54, 1.807) is 26.0 Å². The van der Waals surface area contributed by atoms with E-state index in [1.807, 2.05) is 0 Å². The maximum atomic E-state index is 12.1. The van der Waals surface area contributed by atoms with E-state index in [0.29, 0.717) is 6.42 Å². The van der Waals surface area contributed by atoms with Gasteiger partial charge in [0.05, 0.1) is 22.8 Å². The van der Waals surface area contributed by atoms with Gasteiger partial charge in [0.15, 0.2) is 9.84 Å². The standard InChI is InChI=1S/C13H19NO4S/c1-3-8-19(17,18)12-7-5-4-6-11(12)13(16)14-10(2)9-15/h4-7,10,15H,3,8-9H2,1-2H3,(H,14,16). The molecular formula is C13H19NO4S. The molecule has 2 N–H and O–H groups in total. The molecule has 106 valence electrons. The van der Waals surface area contributed by atoms with Gasteiger partial charge in [-0.1, -0.05) is 19.1 Å². The number of aliphatic hydroxyl groups is 1. The van der Waals surface area contributed by atoms with E-state index in [2.05, 4.69) is 5.32 Å². The highest BCUT2D eigenvalue weighted by molar-refractivity contribution is 7.91. The molecule has 0 bridgehead atoms. The number of carbonyl (C=O) groups is 1. The van der Waals surface area contributed by atoms with Crippen LogP contribution in [0.1, 0.15) is 30.6 Å². The smallest absolute Gasteiger partial charge is 0.252 e. The lowest BCUT2D eigenvalue weighted by molar-refractivity contribution is 0.0919. The fourth-order valence-electron chi connectivity index (χ4n) is 1.65. The van der Waals surface area contributed by atoms with E-state index >= 15 is 0 Å². The second-order valence-corrected chi connectivity index (χ2v) is 6.45. The summed E-state index contributed by atoms with van der Waals surface area (Å²) < 4.78 is 24.2. The molecule has 1 aromatic carbocycles. The van der Waals surface area contributed by atoms with Crippen molar-refractivity contribution in [2.24, 2.45) is 0 Å². The minimum Gasteiger partial charge on any atom is -0.394 e. The van der Waals surface area contributed by atoms with Gasteiger partial charge in [0.2, 0.25) is 0 Å². The van der Waals surface area contributed by atoms with Crippen molar-refractivity contribution in [2.75, 3.05) is 12.4 Å². The van der Waals surface area contributed by atoms with Crippen LogP contribution in [0.3, 0.4) is 0 Å². The molecule has 0 saturated carbocycles. The van der Waals surface area contributed by atoms with Crippen molar-refractivity contribution in [2.45, 2.75) is 31.2 Å². The fraction of sp³-hybridized carbons (Fsp3) is 0.462. The molecule has 1 rings (SSSR count). The summed E-state index contributed by atoms with van der Waals surface area (Å²) in [5, 5.41) is 11.5. The number of nitrogens with one attached hydrogen (secondary N) is 1. The molecular weight excluding hydrogens is 266 g/mol. The van der Waals surface area contributed by atoms with E-state index in [4.69, 9.17) is 5.11 Å². The lowest BCUT2D eigenvalue weighted by Crippen LogP contribution is -2.35. The van der Waals surface area contributed by atoms with Crippen LogP contribution in [-0.4, -0.2) is 37.8 Å². The molecule has 0 fully saturated rings. The second kappa shape index (κ2) is 6.68. The van der Waals surface area contributed by atoms with Crippen molar-refractivity contribution < 1.29 is 18.3 Å². The van der Waals surface area contributed by atoms with Gasteiger partial charge >= 0.3 is 0 Å². The Labute approximate surface area is 113 Å². The average molecular weight is 285 g/mol. The molecule has 1 unspecified atom stereocenters. The average Bonchev–Trinajstić information content (AvgIpc) is 2.38. The Kier molecular flexibility index (Phi) is 5.50. The highest BCUT2D eigenvalue weighted by atomic mass is 32.2. The van der Waals surface area contributed by atoms with E-state index in [9.17, 15) is 13.2 Å². The monoisotopic (exact) mass is 285 g/mol. The van der Waals surface area contributed by atoms with Gasteiger partial charge in [0, 0.05) is 6.04 Å². The van der Waals surface area contributed by atoms with Gasteiger partial charge in [-0.25, -0.2) is 8.42 Å². The van der Waals surface area contributed by atoms with Crippen LogP contribution in [0.25, 0.3) is 0 Å². The molecule has 6 heteroatoms. The molecule has 19 heavy (non-hydrogen) atoms. The van der Waals surface area contributed by atoms with E-state index < -0.39 is 21.8 Å². The quantitative estimate of drug-likeness (QED) is 0.816. The predicted molar refractivity (Wildman–Crippen MR) is 72.8 cm³/mol. The van der Waals surface area contributed by atoms with Crippen molar-refractivity contribution in [1.29, 1.82) is 0 Å². The Morgan fingerprint density at radius 3 is 2.58 bits per heavy atom. The van der Waals surface area contributed by atoms with Crippen LogP contribution in [0.15, 0.2) is 29.2 Å². The van der Waals surface area contributed by atoms with Crippen molar-refractivity contribution in [1.82, 2.24) is 5.32 Å². The van der Waals surface area contributed by atoms with E-state index in [-0.39, 0.29) is 22.8 Å². The van der Waals surface area contributed by atoms with Crippen molar-refractivity contribution in [3.05, 3.63) is 29.8 Å². The van der Waals surface area contributed by atoms with Gasteiger partial charge in [-0.2, -0.15) is 0 Å². The highest BCUT2D eigenvalue weighted by Gasteiger charge is 2.21. The molecule has 0 aromatic heterocycles. The third-order valence-corrected chi connectivity index (χ3v) is 4.56. The molecule has 0 aliphatic heterocycles. The molecule has 0 aliphatic rings. The van der Waals surface area contributed by atoms with Crippen molar-refractivity contribution >= 4 is 15.7 Å². The van der Waals surface area contributed by atoms with Gasteiger partial charge in [0.25, 0.3) is 5.91 Å². The number of amides is 1. The summed E-state index contributed by atoms with van der Waals surface area (Å²) in [6, 6.07) is 5.69. The number of aliphatic hydroxyl groups excluding tert-OH is 1. The zero-order valence-corrected chi connectivity index (χ0v) is 11.9. The Balaban J connectivity index is 3.13. The molecule has 0 spiro atoms. The molecule has 0 aliphatic carbocycles. The summed E-state index contributed by atoms with van der Waals surface area (Å²) in [7, 11) is -3.45. The van der Waals surface area contributed by atoms with E-state index in [0.717, 1.165) is 0 Å². The summed E-state index contributed by atoms with van der Waals surface area (Å²) in [6.07, 6.45) is 0.491. The minimum atomic E-state index is -3.45. The molecule has 0 heterocycles. The highest BCUT2D eigenvalue weighted by Crippen LogP contribution is 2.17. The largest absolute Gasteiger partial charge is 0.394 e. The fourth-order valence-corrected chi connectivity index (χ4v) is 3.19. The number of rotatable bonds is 6. The topological polar surface area (TPSA) is 83.5 Å². The zero-order chi connectivity index (χ0) is 14.5. The first-order chi connectivity index (χ1) is 8.92. The lowest BCUT2D eigenvalue weighted by atomic mass is 10.2. The first-order valence-corrected chi connectivity index (χ1v) is 7.81. The number of benzene rings is 1. The maximum Gasteiger partial charge on any atom is 0.252 e. The van der Waals surface area contributed by atoms with Gasteiger partial charge < -0.3 is 10.4 Å². The molecule has 5 nitrogen and oxygen atoms in total. The lowest BCUT2D eigenvalue weighted by Gasteiger charge is -2.13. The summed E-state index contributed by atoms with van der Waals surface area (Å²) in [4.78, 5) is 12.0. The van der Waals surface area contributed by atoms with Gasteiger partial charge in [-0.3, -0.25) is 4.79 Å². The van der Waals surface area contributed by atoms with Crippen molar-refractivity contribution in [3.8, 4) is 0 Å². The van der Waals surface area contributed by atoms with Crippen LogP contribution in [0.5, 0.6) is 0 Å². The second-order valence-electron chi connectivity index (χ2n) is 4.37. The summed E-state index contributed by atoms with van der Waals surface area (Å²) in [5.74, 6) is -0.482. The third-order valence-electron chi connectivity index (χ3n) is 2.59. The maximum absolute atomic E-state index is 12.1. The predicted octanol–water partition coefficient (Wildman–Crippen LogP) is 0.981. The van der Waals surface area contributed by atoms with Crippen LogP contribution in [0.2, 0.25) is 0 Å². The first kappa shape index (κ1) is 15.7. The summed E-state index contributed by atoms with van der Waals surface area (Å²) in [5.41, 5.74) is 0.122. The van der Waals surface area contributed by atoms with Crippen LogP contribution in [0, 0.1) is 0 Å². The number of hydrogen-bond acceptors (Lipinski definition) is 4. The molecule has 1 atom stereocenters. The normalized spacial score (nSPS) is 13.0. The number of sulfone groups is 1. The Morgan fingerprint density at radius 1 is 1.37 bits per heavy atom. The van der Waals surface area contributed by atoms with E-state index in [1.165, 1.54) is 12.1 Å². The van der Waals surface area contributed by atoms with Gasteiger partial charge in [-0.05, 0) is 25.5 Å². The Bertz CT molecular complexity index is 539. The SMILES string of the molecule is CCCS(=O)(=O)c1ccccc1C(=O)NC(C)CO. The summed E-state index contributed by atoms with van der Waals surface area (Å²) in [6.45, 7) is 3.21. The number of carbonyl (C=O) groups excluding carboxylic acids is 1. The Hall–Kier alpha value is -1.40. The van der Waals surface area contributed by atoms with Crippen LogP contribution < -0.4 is 5.32 Å². The molecule has 0 radical (unpaired) electrons. The zero-order valence-electron chi connectivity index (χ0n) is 11.1. The molecule has 1 amide bonds. The van der Waals surface area contributed by atoms with Crippen LogP contribution >= 0.6 is 0 Å². The first-order valence-electron chi connectivity index (χ1n) is 6.16. The third kappa shape index (κ3) is 4.04. The Morgan fingerprint density at radius 2 is 2.00 bits per heavy atom. The molecule has 0 saturated heterocycles.